The first-order chi connectivity index (χ1) is 15.5. The number of carbonyl (C=O) groups is 1. The molecule has 0 saturated carbocycles. The van der Waals surface area contributed by atoms with Gasteiger partial charge in [0.05, 0.1) is 17.2 Å². The number of likely N-dealkylation sites (tertiary alicyclic amines) is 1. The van der Waals surface area contributed by atoms with Crippen molar-refractivity contribution in [1.29, 1.82) is 0 Å². The maximum absolute atomic E-state index is 11.8. The van der Waals surface area contributed by atoms with Crippen LogP contribution in [0.25, 0.3) is 33.3 Å². The van der Waals surface area contributed by atoms with Crippen LogP contribution in [-0.4, -0.2) is 50.2 Å². The number of nitrogens with zero attached hydrogens (tertiary/aromatic N) is 2. The number of aromatic nitrogens is 2. The molecular weight excluding hydrogens is 402 g/mol. The van der Waals surface area contributed by atoms with E-state index >= 15 is 0 Å². The van der Waals surface area contributed by atoms with Crippen molar-refractivity contribution >= 4 is 17.0 Å². The van der Waals surface area contributed by atoms with Crippen molar-refractivity contribution in [3.63, 3.8) is 0 Å². The number of benzene rings is 3. The Morgan fingerprint density at radius 2 is 1.84 bits per heavy atom. The predicted molar refractivity (Wildman–Crippen MR) is 125 cm³/mol. The summed E-state index contributed by atoms with van der Waals surface area (Å²) >= 11 is 0. The monoisotopic (exact) mass is 427 g/mol. The van der Waals surface area contributed by atoms with Gasteiger partial charge in [-0.25, -0.2) is 9.78 Å². The number of nitrogens with one attached hydrogen (secondary N) is 1. The van der Waals surface area contributed by atoms with Crippen LogP contribution in [0.4, 0.5) is 0 Å². The third kappa shape index (κ3) is 3.90. The summed E-state index contributed by atoms with van der Waals surface area (Å²) in [5.74, 6) is -0.293. The smallest absolute Gasteiger partial charge is 0.337 e. The molecule has 5 rings (SSSR count). The molecule has 3 aromatic carbocycles. The highest BCUT2D eigenvalue weighted by Crippen LogP contribution is 2.31. The van der Waals surface area contributed by atoms with Gasteiger partial charge in [-0.15, -0.1) is 0 Å². The molecule has 0 radical (unpaired) electrons. The van der Waals surface area contributed by atoms with Crippen molar-refractivity contribution in [1.82, 2.24) is 14.9 Å². The third-order valence-corrected chi connectivity index (χ3v) is 6.12. The van der Waals surface area contributed by atoms with Crippen LogP contribution in [0.2, 0.25) is 0 Å². The number of imidazole rings is 1. The Labute approximate surface area is 186 Å². The third-order valence-electron chi connectivity index (χ3n) is 6.12. The fourth-order valence-electron chi connectivity index (χ4n) is 4.55. The second kappa shape index (κ2) is 8.22. The largest absolute Gasteiger partial charge is 0.478 e. The first-order valence-corrected chi connectivity index (χ1v) is 10.8. The number of rotatable bonds is 5. The van der Waals surface area contributed by atoms with Crippen LogP contribution in [0, 0.1) is 6.92 Å². The Bertz CT molecular complexity index is 1290. The van der Waals surface area contributed by atoms with Crippen LogP contribution in [0.15, 0.2) is 60.7 Å². The topological polar surface area (TPSA) is 89.4 Å². The second-order valence-electron chi connectivity index (χ2n) is 8.46. The number of aliphatic hydroxyl groups is 1. The molecule has 1 aliphatic heterocycles. The van der Waals surface area contributed by atoms with E-state index in [4.69, 9.17) is 0 Å². The molecule has 4 aromatic rings. The Kier molecular flexibility index (Phi) is 5.25. The normalized spacial score (nSPS) is 16.6. The molecule has 1 aromatic heterocycles. The maximum atomic E-state index is 11.8. The van der Waals surface area contributed by atoms with Crippen molar-refractivity contribution in [2.75, 3.05) is 13.1 Å². The summed E-state index contributed by atoms with van der Waals surface area (Å²) in [6.07, 6.45) is 0.600. The van der Waals surface area contributed by atoms with Crippen LogP contribution in [0.3, 0.4) is 0 Å². The van der Waals surface area contributed by atoms with E-state index in [9.17, 15) is 15.0 Å². The molecule has 0 bridgehead atoms. The zero-order valence-electron chi connectivity index (χ0n) is 17.9. The number of aliphatic hydroxyl groups excluding tert-OH is 1. The van der Waals surface area contributed by atoms with Gasteiger partial charge in [0, 0.05) is 19.6 Å². The molecular formula is C26H25N3O3. The van der Waals surface area contributed by atoms with Crippen molar-refractivity contribution in [2.45, 2.75) is 26.0 Å². The number of aromatic amines is 1. The molecule has 0 amide bonds. The molecule has 0 aliphatic carbocycles. The molecule has 3 N–H and O–H groups in total. The second-order valence-corrected chi connectivity index (χ2v) is 8.46. The average Bonchev–Trinajstić information content (AvgIpc) is 3.37. The number of carboxylic acid groups (broad SMARTS) is 1. The molecule has 1 atom stereocenters. The standard InChI is InChI=1S/C26H25N3O3/c1-16-27-24-13-20(12-23(26(31)32)25(24)28-16)17-6-8-18(9-7-17)22-5-3-2-4-19(22)14-29-11-10-21(30)15-29/h2-9,12-13,21,30H,10-11,14-15H2,1H3,(H,27,28)(H,31,32)/t21-/m1/s1. The highest BCUT2D eigenvalue weighted by molar-refractivity contribution is 6.03. The van der Waals surface area contributed by atoms with Crippen molar-refractivity contribution in [2.24, 2.45) is 0 Å². The van der Waals surface area contributed by atoms with E-state index < -0.39 is 5.97 Å². The van der Waals surface area contributed by atoms with Gasteiger partial charge < -0.3 is 15.2 Å². The summed E-state index contributed by atoms with van der Waals surface area (Å²) in [5, 5.41) is 19.5. The van der Waals surface area contributed by atoms with Crippen molar-refractivity contribution < 1.29 is 15.0 Å². The van der Waals surface area contributed by atoms with Crippen LogP contribution in [0.1, 0.15) is 28.2 Å². The van der Waals surface area contributed by atoms with Gasteiger partial charge in [-0.2, -0.15) is 0 Å². The Morgan fingerprint density at radius 3 is 2.56 bits per heavy atom. The summed E-state index contributed by atoms with van der Waals surface area (Å²) in [6, 6.07) is 20.2. The lowest BCUT2D eigenvalue weighted by atomic mass is 9.96. The summed E-state index contributed by atoms with van der Waals surface area (Å²) in [4.78, 5) is 21.5. The van der Waals surface area contributed by atoms with Gasteiger partial charge in [0.25, 0.3) is 0 Å². The predicted octanol–water partition coefficient (Wildman–Crippen LogP) is 4.47. The first-order valence-electron chi connectivity index (χ1n) is 10.8. The van der Waals surface area contributed by atoms with E-state index in [1.165, 1.54) is 11.1 Å². The van der Waals surface area contributed by atoms with E-state index in [0.717, 1.165) is 41.7 Å². The minimum Gasteiger partial charge on any atom is -0.478 e. The lowest BCUT2D eigenvalue weighted by molar-refractivity contribution is 0.0699. The van der Waals surface area contributed by atoms with E-state index in [0.29, 0.717) is 17.9 Å². The minimum atomic E-state index is -0.985. The number of β-amino-alcohol motifs (C(OH)–C–C–N with tert-alkyl or cyclic N) is 1. The van der Waals surface area contributed by atoms with E-state index in [1.54, 1.807) is 6.07 Å². The van der Waals surface area contributed by atoms with Gasteiger partial charge in [-0.3, -0.25) is 4.90 Å². The summed E-state index contributed by atoms with van der Waals surface area (Å²) in [7, 11) is 0. The first kappa shape index (κ1) is 20.4. The minimum absolute atomic E-state index is 0.198. The van der Waals surface area contributed by atoms with Gasteiger partial charge in [-0.1, -0.05) is 48.5 Å². The lowest BCUT2D eigenvalue weighted by Crippen LogP contribution is -2.21. The number of carboxylic acids is 1. The molecule has 0 spiro atoms. The van der Waals surface area contributed by atoms with Crippen LogP contribution in [0.5, 0.6) is 0 Å². The molecule has 32 heavy (non-hydrogen) atoms. The highest BCUT2D eigenvalue weighted by Gasteiger charge is 2.21. The summed E-state index contributed by atoms with van der Waals surface area (Å²) in [6.45, 7) is 4.26. The maximum Gasteiger partial charge on any atom is 0.337 e. The molecule has 162 valence electrons. The van der Waals surface area contributed by atoms with Gasteiger partial charge in [0.1, 0.15) is 11.3 Å². The number of hydrogen-bond acceptors (Lipinski definition) is 4. The molecule has 1 aliphatic rings. The van der Waals surface area contributed by atoms with Crippen LogP contribution < -0.4 is 0 Å². The van der Waals surface area contributed by atoms with Gasteiger partial charge >= 0.3 is 5.97 Å². The van der Waals surface area contributed by atoms with Crippen LogP contribution in [-0.2, 0) is 6.54 Å². The molecule has 1 saturated heterocycles. The molecule has 6 heteroatoms. The lowest BCUT2D eigenvalue weighted by Gasteiger charge is -2.18. The zero-order valence-corrected chi connectivity index (χ0v) is 17.9. The summed E-state index contributed by atoms with van der Waals surface area (Å²) in [5.41, 5.74) is 6.71. The van der Waals surface area contributed by atoms with E-state index in [1.807, 2.05) is 31.2 Å². The zero-order chi connectivity index (χ0) is 22.2. The fourth-order valence-corrected chi connectivity index (χ4v) is 4.55. The number of H-pyrrole nitrogens is 1. The van der Waals surface area contributed by atoms with Gasteiger partial charge in [-0.05, 0) is 53.3 Å². The number of aromatic carboxylic acids is 1. The molecule has 1 fully saturated rings. The Morgan fingerprint density at radius 1 is 1.09 bits per heavy atom. The number of fused-ring (bicyclic) bond motifs is 1. The SMILES string of the molecule is Cc1nc2c(C(=O)O)cc(-c3ccc(-c4ccccc4CN4CC[C@@H](O)C4)cc3)cc2[nH]1. The van der Waals surface area contributed by atoms with Crippen molar-refractivity contribution in [3.05, 3.63) is 77.6 Å². The van der Waals surface area contributed by atoms with Crippen LogP contribution >= 0.6 is 0 Å². The van der Waals surface area contributed by atoms with Gasteiger partial charge in [0.15, 0.2) is 0 Å². The Hall–Kier alpha value is -3.48. The van der Waals surface area contributed by atoms with Crippen molar-refractivity contribution in [3.8, 4) is 22.3 Å². The molecule has 0 unspecified atom stereocenters. The fraction of sp³-hybridized carbons (Fsp3) is 0.231. The quantitative estimate of drug-likeness (QED) is 0.437. The Balaban J connectivity index is 1.47. The number of hydrogen-bond donors (Lipinski definition) is 3. The van der Waals surface area contributed by atoms with E-state index in [2.05, 4.69) is 45.2 Å². The number of aryl methyl sites for hydroxylation is 1. The molecule has 2 heterocycles. The molecule has 6 nitrogen and oxygen atoms in total. The summed E-state index contributed by atoms with van der Waals surface area (Å²) < 4.78 is 0. The van der Waals surface area contributed by atoms with Gasteiger partial charge in [0.2, 0.25) is 0 Å². The van der Waals surface area contributed by atoms with E-state index in [-0.39, 0.29) is 11.7 Å². The highest BCUT2D eigenvalue weighted by atomic mass is 16.4. The average molecular weight is 428 g/mol.